The molecule has 0 spiro atoms. The van der Waals surface area contributed by atoms with E-state index in [1.807, 2.05) is 24.3 Å². The van der Waals surface area contributed by atoms with Gasteiger partial charge < -0.3 is 28.4 Å². The molecule has 334 valence electrons. The van der Waals surface area contributed by atoms with Crippen molar-refractivity contribution >= 4 is 23.9 Å². The smallest absolute Gasteiger partial charge is 0.338 e. The van der Waals surface area contributed by atoms with Gasteiger partial charge in [-0.1, -0.05) is 102 Å². The number of hydrogen-bond donors (Lipinski definition) is 0. The summed E-state index contributed by atoms with van der Waals surface area (Å²) in [4.78, 5) is 48.7. The van der Waals surface area contributed by atoms with Gasteiger partial charge in [-0.2, -0.15) is 0 Å². The van der Waals surface area contributed by atoms with Crippen LogP contribution in [-0.4, -0.2) is 50.3 Å². The van der Waals surface area contributed by atoms with Gasteiger partial charge in [0.25, 0.3) is 0 Å². The maximum Gasteiger partial charge on any atom is 0.338 e. The highest BCUT2D eigenvalue weighted by atomic mass is 16.5. The molecule has 0 saturated carbocycles. The van der Waals surface area contributed by atoms with Gasteiger partial charge in [-0.05, 0) is 122 Å². The van der Waals surface area contributed by atoms with Crippen LogP contribution in [0.15, 0.2) is 97.1 Å². The van der Waals surface area contributed by atoms with Gasteiger partial charge in [-0.15, -0.1) is 0 Å². The number of carbonyl (C=O) groups excluding carboxylic acids is 4. The number of unbranched alkanes of at least 4 members (excludes halogenated alkanes) is 12. The van der Waals surface area contributed by atoms with Crippen molar-refractivity contribution in [2.45, 2.75) is 129 Å². The zero-order valence-corrected chi connectivity index (χ0v) is 36.9. The zero-order valence-electron chi connectivity index (χ0n) is 36.9. The maximum absolute atomic E-state index is 12.3. The molecule has 4 aromatic rings. The summed E-state index contributed by atoms with van der Waals surface area (Å²) in [7, 11) is 0. The molecule has 0 aliphatic rings. The standard InChI is InChI=1S/C52H66O10/c1-3-5-15-39-59-51(55)43-25-33-47(34-26-43)61-49(53)19-13-9-7-11-17-37-57-45-29-21-41(22-30-45)42-23-31-46(32-24-42)58-38-18-12-8-10-14-20-50(54)62-48-35-27-44(28-36-48)52(56)60-40-16-6-4-2/h21-36H,3-20,37-40H2,1-2H3. The van der Waals surface area contributed by atoms with Crippen LogP contribution in [0.1, 0.15) is 150 Å². The van der Waals surface area contributed by atoms with E-state index in [1.165, 1.54) is 0 Å². The molecule has 0 fully saturated rings. The quantitative estimate of drug-likeness (QED) is 0.0275. The molecule has 0 saturated heterocycles. The summed E-state index contributed by atoms with van der Waals surface area (Å²) >= 11 is 0. The molecule has 0 aliphatic carbocycles. The molecule has 0 aliphatic heterocycles. The van der Waals surface area contributed by atoms with Gasteiger partial charge in [0.15, 0.2) is 0 Å². The Hall–Kier alpha value is -5.64. The van der Waals surface area contributed by atoms with Crippen LogP contribution in [0.2, 0.25) is 0 Å². The maximum atomic E-state index is 12.3. The number of rotatable bonds is 31. The van der Waals surface area contributed by atoms with Gasteiger partial charge >= 0.3 is 23.9 Å². The predicted molar refractivity (Wildman–Crippen MR) is 242 cm³/mol. The summed E-state index contributed by atoms with van der Waals surface area (Å²) in [6.07, 6.45) is 16.0. The lowest BCUT2D eigenvalue weighted by Gasteiger charge is -2.09. The van der Waals surface area contributed by atoms with E-state index in [1.54, 1.807) is 48.5 Å². The molecule has 0 aromatic heterocycles. The molecule has 62 heavy (non-hydrogen) atoms. The van der Waals surface area contributed by atoms with Crippen LogP contribution in [0.4, 0.5) is 0 Å². The molecule has 0 amide bonds. The summed E-state index contributed by atoms with van der Waals surface area (Å²) in [5.41, 5.74) is 3.11. The molecule has 10 nitrogen and oxygen atoms in total. The molecule has 0 radical (unpaired) electrons. The first-order chi connectivity index (χ1) is 30.3. The van der Waals surface area contributed by atoms with Gasteiger partial charge in [-0.3, -0.25) is 9.59 Å². The number of carbonyl (C=O) groups is 4. The monoisotopic (exact) mass is 850 g/mol. The minimum Gasteiger partial charge on any atom is -0.494 e. The van der Waals surface area contributed by atoms with E-state index in [-0.39, 0.29) is 23.9 Å². The van der Waals surface area contributed by atoms with Crippen molar-refractivity contribution in [3.8, 4) is 34.1 Å². The Labute approximate surface area is 368 Å². The number of esters is 4. The van der Waals surface area contributed by atoms with Crippen LogP contribution >= 0.6 is 0 Å². The lowest BCUT2D eigenvalue weighted by Crippen LogP contribution is -2.09. The average Bonchev–Trinajstić information content (AvgIpc) is 3.29. The average molecular weight is 851 g/mol. The van der Waals surface area contributed by atoms with Crippen molar-refractivity contribution in [2.75, 3.05) is 26.4 Å². The largest absolute Gasteiger partial charge is 0.494 e. The van der Waals surface area contributed by atoms with Crippen molar-refractivity contribution in [3.05, 3.63) is 108 Å². The second-order valence-corrected chi connectivity index (χ2v) is 15.5. The topological polar surface area (TPSA) is 124 Å². The molecular weight excluding hydrogens is 785 g/mol. The van der Waals surface area contributed by atoms with Gasteiger partial charge in [0.05, 0.1) is 37.6 Å². The van der Waals surface area contributed by atoms with Gasteiger partial charge in [0.2, 0.25) is 0 Å². The van der Waals surface area contributed by atoms with Gasteiger partial charge in [0.1, 0.15) is 23.0 Å². The highest BCUT2D eigenvalue weighted by molar-refractivity contribution is 5.90. The first kappa shape index (κ1) is 49.0. The summed E-state index contributed by atoms with van der Waals surface area (Å²) < 4.78 is 33.3. The highest BCUT2D eigenvalue weighted by Gasteiger charge is 2.11. The first-order valence-electron chi connectivity index (χ1n) is 22.8. The Balaban J connectivity index is 0.973. The van der Waals surface area contributed by atoms with Crippen LogP contribution < -0.4 is 18.9 Å². The second-order valence-electron chi connectivity index (χ2n) is 15.5. The van der Waals surface area contributed by atoms with E-state index in [2.05, 4.69) is 38.1 Å². The van der Waals surface area contributed by atoms with E-state index in [9.17, 15) is 19.2 Å². The lowest BCUT2D eigenvalue weighted by molar-refractivity contribution is -0.135. The van der Waals surface area contributed by atoms with E-state index in [0.717, 1.165) is 125 Å². The normalized spacial score (nSPS) is 10.8. The van der Waals surface area contributed by atoms with Crippen LogP contribution in [0.5, 0.6) is 23.0 Å². The molecule has 10 heteroatoms. The van der Waals surface area contributed by atoms with Gasteiger partial charge in [0, 0.05) is 12.8 Å². The molecule has 0 unspecified atom stereocenters. The van der Waals surface area contributed by atoms with Crippen LogP contribution in [0.25, 0.3) is 11.1 Å². The Bertz CT molecular complexity index is 1730. The van der Waals surface area contributed by atoms with Crippen molar-refractivity contribution in [1.29, 1.82) is 0 Å². The fourth-order valence-electron chi connectivity index (χ4n) is 6.55. The van der Waals surface area contributed by atoms with Crippen LogP contribution in [0.3, 0.4) is 0 Å². The molecule has 0 heterocycles. The minimum atomic E-state index is -0.360. The zero-order chi connectivity index (χ0) is 44.0. The number of hydrogen-bond acceptors (Lipinski definition) is 10. The summed E-state index contributed by atoms with van der Waals surface area (Å²) in [6.45, 7) is 6.31. The molecule has 0 N–H and O–H groups in total. The van der Waals surface area contributed by atoms with Crippen molar-refractivity contribution in [1.82, 2.24) is 0 Å². The molecular formula is C52H66O10. The molecule has 4 rings (SSSR count). The van der Waals surface area contributed by atoms with Crippen LogP contribution in [0, 0.1) is 0 Å². The Morgan fingerprint density at radius 3 is 1.05 bits per heavy atom. The summed E-state index contributed by atoms with van der Waals surface area (Å²) in [6, 6.07) is 29.3. The van der Waals surface area contributed by atoms with Crippen molar-refractivity contribution in [3.63, 3.8) is 0 Å². The minimum absolute atomic E-state index is 0.272. The first-order valence-corrected chi connectivity index (χ1v) is 22.8. The van der Waals surface area contributed by atoms with Crippen molar-refractivity contribution in [2.24, 2.45) is 0 Å². The SMILES string of the molecule is CCCCCOC(=O)c1ccc(OC(=O)CCCCCCCOc2ccc(-c3ccc(OCCCCCCCC(=O)Oc4ccc(C(=O)OCCCCC)cc4)cc3)cc2)cc1. The molecule has 4 aromatic carbocycles. The van der Waals surface area contributed by atoms with Gasteiger partial charge in [-0.25, -0.2) is 9.59 Å². The third kappa shape index (κ3) is 19.8. The third-order valence-corrected chi connectivity index (χ3v) is 10.2. The predicted octanol–water partition coefficient (Wildman–Crippen LogP) is 12.7. The van der Waals surface area contributed by atoms with Crippen LogP contribution in [-0.2, 0) is 19.1 Å². The summed E-state index contributed by atoms with van der Waals surface area (Å²) in [5, 5.41) is 0. The van der Waals surface area contributed by atoms with E-state index < -0.39 is 0 Å². The fourth-order valence-corrected chi connectivity index (χ4v) is 6.55. The molecule has 0 bridgehead atoms. The Kier molecular flexibility index (Phi) is 23.4. The van der Waals surface area contributed by atoms with E-state index in [4.69, 9.17) is 28.4 Å². The lowest BCUT2D eigenvalue weighted by atomic mass is 10.1. The Morgan fingerprint density at radius 1 is 0.355 bits per heavy atom. The third-order valence-electron chi connectivity index (χ3n) is 10.2. The fraction of sp³-hybridized carbons (Fsp3) is 0.462. The summed E-state index contributed by atoms with van der Waals surface area (Å²) in [5.74, 6) is 1.27. The van der Waals surface area contributed by atoms with Crippen molar-refractivity contribution < 1.29 is 47.6 Å². The number of benzene rings is 4. The molecule has 0 atom stereocenters. The Morgan fingerprint density at radius 2 is 0.677 bits per heavy atom. The van der Waals surface area contributed by atoms with E-state index >= 15 is 0 Å². The van der Waals surface area contributed by atoms with E-state index in [0.29, 0.717) is 61.9 Å². The number of ether oxygens (including phenoxy) is 6. The highest BCUT2D eigenvalue weighted by Crippen LogP contribution is 2.25. The second kappa shape index (κ2) is 29.6.